The van der Waals surface area contributed by atoms with Crippen molar-refractivity contribution < 1.29 is 4.79 Å². The third-order valence-corrected chi connectivity index (χ3v) is 5.99. The molecule has 0 radical (unpaired) electrons. The van der Waals surface area contributed by atoms with Gasteiger partial charge in [0.25, 0.3) is 0 Å². The molecular formula is C20H23N3OS. The number of thiazole rings is 1. The summed E-state index contributed by atoms with van der Waals surface area (Å²) in [6.07, 6.45) is 7.08. The summed E-state index contributed by atoms with van der Waals surface area (Å²) in [5.74, 6) is 0.251. The highest BCUT2D eigenvalue weighted by molar-refractivity contribution is 7.15. The molecule has 1 saturated heterocycles. The standard InChI is InChI=1S/C20H23N3OS/c1-2-16-10-6-7-11-22(16)19(24)12-17-14-25-20-21-18(13-23(17)20)15-8-4-3-5-9-15/h3-5,8-9,13-14,16H,2,6-7,10-12H2,1H3. The van der Waals surface area contributed by atoms with E-state index in [2.05, 4.69) is 39.9 Å². The molecule has 130 valence electrons. The van der Waals surface area contributed by atoms with Gasteiger partial charge in [0.2, 0.25) is 5.91 Å². The van der Waals surface area contributed by atoms with Crippen LogP contribution in [0.15, 0.2) is 41.9 Å². The molecule has 25 heavy (non-hydrogen) atoms. The van der Waals surface area contributed by atoms with Gasteiger partial charge in [0.05, 0.1) is 12.1 Å². The quantitative estimate of drug-likeness (QED) is 0.697. The van der Waals surface area contributed by atoms with Crippen LogP contribution in [0.3, 0.4) is 0 Å². The number of imidazole rings is 1. The van der Waals surface area contributed by atoms with Crippen LogP contribution in [0.1, 0.15) is 38.3 Å². The lowest BCUT2D eigenvalue weighted by Crippen LogP contribution is -2.44. The Bertz CT molecular complexity index is 868. The molecular weight excluding hydrogens is 330 g/mol. The number of fused-ring (bicyclic) bond motifs is 1. The molecule has 0 aliphatic carbocycles. The van der Waals surface area contributed by atoms with Gasteiger partial charge in [0.15, 0.2) is 4.96 Å². The fourth-order valence-corrected chi connectivity index (χ4v) is 4.59. The molecule has 0 spiro atoms. The zero-order valence-corrected chi connectivity index (χ0v) is 15.3. The zero-order valence-electron chi connectivity index (χ0n) is 14.5. The first-order valence-corrected chi connectivity index (χ1v) is 9.94. The summed E-state index contributed by atoms with van der Waals surface area (Å²) in [7, 11) is 0. The summed E-state index contributed by atoms with van der Waals surface area (Å²) in [6.45, 7) is 3.09. The second-order valence-corrected chi connectivity index (χ2v) is 7.53. The van der Waals surface area contributed by atoms with Crippen LogP contribution in [0.25, 0.3) is 16.2 Å². The van der Waals surface area contributed by atoms with Crippen LogP contribution in [-0.2, 0) is 11.2 Å². The van der Waals surface area contributed by atoms with Crippen molar-refractivity contribution in [1.29, 1.82) is 0 Å². The average molecular weight is 353 g/mol. The van der Waals surface area contributed by atoms with Gasteiger partial charge in [-0.2, -0.15) is 0 Å². The second kappa shape index (κ2) is 7.00. The molecule has 1 amide bonds. The SMILES string of the molecule is CCC1CCCCN1C(=O)Cc1csc2nc(-c3ccccc3)cn12. The minimum atomic E-state index is 0.251. The number of hydrogen-bond donors (Lipinski definition) is 0. The van der Waals surface area contributed by atoms with Crippen LogP contribution >= 0.6 is 11.3 Å². The van der Waals surface area contributed by atoms with Crippen molar-refractivity contribution in [3.8, 4) is 11.3 Å². The van der Waals surface area contributed by atoms with Crippen LogP contribution in [0.4, 0.5) is 0 Å². The minimum absolute atomic E-state index is 0.251. The number of rotatable bonds is 4. The van der Waals surface area contributed by atoms with Crippen molar-refractivity contribution in [2.75, 3.05) is 6.54 Å². The Morgan fingerprint density at radius 2 is 2.12 bits per heavy atom. The topological polar surface area (TPSA) is 37.6 Å². The Hall–Kier alpha value is -2.14. The molecule has 1 aliphatic rings. The molecule has 0 bridgehead atoms. The van der Waals surface area contributed by atoms with Gasteiger partial charge in [-0.15, -0.1) is 11.3 Å². The number of benzene rings is 1. The van der Waals surface area contributed by atoms with E-state index in [9.17, 15) is 4.79 Å². The highest BCUT2D eigenvalue weighted by atomic mass is 32.1. The number of likely N-dealkylation sites (tertiary alicyclic amines) is 1. The third-order valence-electron chi connectivity index (χ3n) is 5.10. The van der Waals surface area contributed by atoms with Gasteiger partial charge in [0.1, 0.15) is 0 Å². The molecule has 3 heterocycles. The van der Waals surface area contributed by atoms with Crippen LogP contribution in [0.5, 0.6) is 0 Å². The molecule has 0 saturated carbocycles. The lowest BCUT2D eigenvalue weighted by atomic mass is 9.99. The molecule has 4 rings (SSSR count). The molecule has 1 aliphatic heterocycles. The van der Waals surface area contributed by atoms with E-state index in [1.807, 2.05) is 18.2 Å². The predicted octanol–water partition coefficient (Wildman–Crippen LogP) is 4.40. The van der Waals surface area contributed by atoms with Gasteiger partial charge in [-0.1, -0.05) is 37.3 Å². The van der Waals surface area contributed by atoms with Crippen molar-refractivity contribution in [2.45, 2.75) is 45.1 Å². The maximum atomic E-state index is 12.9. The Kier molecular flexibility index (Phi) is 4.57. The number of carbonyl (C=O) groups excluding carboxylic acids is 1. The van der Waals surface area contributed by atoms with E-state index < -0.39 is 0 Å². The van der Waals surface area contributed by atoms with Crippen LogP contribution in [0, 0.1) is 0 Å². The zero-order chi connectivity index (χ0) is 17.2. The lowest BCUT2D eigenvalue weighted by molar-refractivity contribution is -0.134. The number of carbonyl (C=O) groups is 1. The van der Waals surface area contributed by atoms with E-state index in [1.165, 1.54) is 6.42 Å². The van der Waals surface area contributed by atoms with Crippen LogP contribution in [-0.4, -0.2) is 32.8 Å². The van der Waals surface area contributed by atoms with Crippen molar-refractivity contribution in [3.63, 3.8) is 0 Å². The first kappa shape index (κ1) is 16.3. The Balaban J connectivity index is 1.57. The van der Waals surface area contributed by atoms with Gasteiger partial charge >= 0.3 is 0 Å². The summed E-state index contributed by atoms with van der Waals surface area (Å²) in [6, 6.07) is 10.6. The highest BCUT2D eigenvalue weighted by Crippen LogP contribution is 2.25. The molecule has 3 aromatic rings. The molecule has 4 nitrogen and oxygen atoms in total. The van der Waals surface area contributed by atoms with Crippen molar-refractivity contribution in [3.05, 3.63) is 47.6 Å². The summed E-state index contributed by atoms with van der Waals surface area (Å²) in [5.41, 5.74) is 3.11. The van der Waals surface area contributed by atoms with Gasteiger partial charge in [-0.25, -0.2) is 4.98 Å². The van der Waals surface area contributed by atoms with Gasteiger partial charge in [-0.3, -0.25) is 9.20 Å². The number of amides is 1. The Morgan fingerprint density at radius 1 is 1.28 bits per heavy atom. The van der Waals surface area contributed by atoms with E-state index in [4.69, 9.17) is 4.98 Å². The number of nitrogens with zero attached hydrogens (tertiary/aromatic N) is 3. The van der Waals surface area contributed by atoms with Crippen molar-refractivity contribution in [1.82, 2.24) is 14.3 Å². The predicted molar refractivity (Wildman–Crippen MR) is 102 cm³/mol. The van der Waals surface area contributed by atoms with Crippen molar-refractivity contribution in [2.24, 2.45) is 0 Å². The van der Waals surface area contributed by atoms with E-state index in [0.717, 1.165) is 47.7 Å². The summed E-state index contributed by atoms with van der Waals surface area (Å²) in [4.78, 5) is 20.6. The molecule has 2 aromatic heterocycles. The highest BCUT2D eigenvalue weighted by Gasteiger charge is 2.26. The summed E-state index contributed by atoms with van der Waals surface area (Å²) >= 11 is 1.61. The third kappa shape index (κ3) is 3.21. The van der Waals surface area contributed by atoms with Crippen LogP contribution in [0.2, 0.25) is 0 Å². The molecule has 0 N–H and O–H groups in total. The fraction of sp³-hybridized carbons (Fsp3) is 0.400. The Morgan fingerprint density at radius 3 is 2.92 bits per heavy atom. The average Bonchev–Trinajstić information content (AvgIpc) is 3.24. The number of aromatic nitrogens is 2. The maximum Gasteiger partial charge on any atom is 0.228 e. The number of hydrogen-bond acceptors (Lipinski definition) is 3. The molecule has 1 aromatic carbocycles. The number of piperidine rings is 1. The van der Waals surface area contributed by atoms with Gasteiger partial charge in [-0.05, 0) is 25.7 Å². The van der Waals surface area contributed by atoms with E-state index in [-0.39, 0.29) is 5.91 Å². The smallest absolute Gasteiger partial charge is 0.228 e. The first-order chi connectivity index (χ1) is 12.3. The maximum absolute atomic E-state index is 12.9. The van der Waals surface area contributed by atoms with Crippen LogP contribution < -0.4 is 0 Å². The van der Waals surface area contributed by atoms with E-state index in [1.54, 1.807) is 11.3 Å². The monoisotopic (exact) mass is 353 g/mol. The van der Waals surface area contributed by atoms with E-state index in [0.29, 0.717) is 12.5 Å². The first-order valence-electron chi connectivity index (χ1n) is 9.06. The molecule has 1 atom stereocenters. The fourth-order valence-electron chi connectivity index (χ4n) is 3.71. The van der Waals surface area contributed by atoms with E-state index >= 15 is 0 Å². The summed E-state index contributed by atoms with van der Waals surface area (Å²) < 4.78 is 2.08. The second-order valence-electron chi connectivity index (χ2n) is 6.69. The lowest BCUT2D eigenvalue weighted by Gasteiger charge is -2.35. The van der Waals surface area contributed by atoms with Gasteiger partial charge < -0.3 is 4.90 Å². The molecule has 5 heteroatoms. The normalized spacial score (nSPS) is 18.0. The van der Waals surface area contributed by atoms with Crippen molar-refractivity contribution >= 4 is 22.2 Å². The molecule has 1 unspecified atom stereocenters. The minimum Gasteiger partial charge on any atom is -0.339 e. The van der Waals surface area contributed by atoms with Gasteiger partial charge in [0, 0.05) is 35.4 Å². The molecule has 1 fully saturated rings. The summed E-state index contributed by atoms with van der Waals surface area (Å²) in [5, 5.41) is 2.07. The largest absolute Gasteiger partial charge is 0.339 e. The Labute approximate surface area is 152 Å².